The van der Waals surface area contributed by atoms with Gasteiger partial charge < -0.3 is 19.5 Å². The number of rotatable bonds is 17. The van der Waals surface area contributed by atoms with E-state index in [1.54, 1.807) is 0 Å². The van der Waals surface area contributed by atoms with Crippen LogP contribution < -0.4 is 5.32 Å². The van der Waals surface area contributed by atoms with Crippen LogP contribution in [0.2, 0.25) is 0 Å². The predicted molar refractivity (Wildman–Crippen MR) is 88.9 cm³/mol. The van der Waals surface area contributed by atoms with Crippen LogP contribution in [0.25, 0.3) is 0 Å². The van der Waals surface area contributed by atoms with Crippen LogP contribution in [0.1, 0.15) is 52.9 Å². The minimum absolute atomic E-state index is 0.669. The Morgan fingerprint density at radius 2 is 1.38 bits per heavy atom. The molecule has 0 aliphatic rings. The van der Waals surface area contributed by atoms with Crippen LogP contribution >= 0.6 is 0 Å². The van der Waals surface area contributed by atoms with Crippen molar-refractivity contribution in [2.45, 2.75) is 52.9 Å². The van der Waals surface area contributed by atoms with E-state index in [0.717, 1.165) is 45.1 Å². The fraction of sp³-hybridized carbons (Fsp3) is 1.00. The van der Waals surface area contributed by atoms with Gasteiger partial charge in [-0.15, -0.1) is 0 Å². The highest BCUT2D eigenvalue weighted by Gasteiger charge is 2.05. The molecule has 0 aliphatic heterocycles. The molecule has 0 aromatic rings. The number of hydrogen-bond acceptors (Lipinski definition) is 4. The number of nitrogens with one attached hydrogen (secondary N) is 1. The summed E-state index contributed by atoms with van der Waals surface area (Å²) in [6.07, 6.45) is 5.86. The fourth-order valence-corrected chi connectivity index (χ4v) is 1.97. The molecule has 0 bridgehead atoms. The second kappa shape index (κ2) is 17.9. The molecule has 1 unspecified atom stereocenters. The van der Waals surface area contributed by atoms with E-state index in [0.29, 0.717) is 26.4 Å². The van der Waals surface area contributed by atoms with E-state index in [4.69, 9.17) is 14.2 Å². The van der Waals surface area contributed by atoms with Crippen molar-refractivity contribution in [1.29, 1.82) is 0 Å². The summed E-state index contributed by atoms with van der Waals surface area (Å²) in [5, 5.41) is 3.48. The van der Waals surface area contributed by atoms with Gasteiger partial charge in [0, 0.05) is 13.2 Å². The van der Waals surface area contributed by atoms with Crippen molar-refractivity contribution in [3.63, 3.8) is 0 Å². The highest BCUT2D eigenvalue weighted by atomic mass is 16.5. The Balaban J connectivity index is 3.19. The van der Waals surface area contributed by atoms with Crippen LogP contribution in [0.3, 0.4) is 0 Å². The Bertz CT molecular complexity index is 191. The van der Waals surface area contributed by atoms with Crippen LogP contribution in [0.4, 0.5) is 0 Å². The van der Waals surface area contributed by atoms with Crippen molar-refractivity contribution in [2.24, 2.45) is 5.92 Å². The maximum atomic E-state index is 5.62. The van der Waals surface area contributed by atoms with Gasteiger partial charge in [-0.25, -0.2) is 0 Å². The van der Waals surface area contributed by atoms with E-state index >= 15 is 0 Å². The zero-order valence-electron chi connectivity index (χ0n) is 14.5. The molecule has 0 radical (unpaired) electrons. The van der Waals surface area contributed by atoms with E-state index in [1.807, 2.05) is 0 Å². The summed E-state index contributed by atoms with van der Waals surface area (Å²) in [6, 6.07) is 0. The second-order valence-electron chi connectivity index (χ2n) is 5.46. The summed E-state index contributed by atoms with van der Waals surface area (Å²) in [5.74, 6) is 0.726. The molecule has 4 heteroatoms. The lowest BCUT2D eigenvalue weighted by atomic mass is 10.0. The van der Waals surface area contributed by atoms with Crippen molar-refractivity contribution in [2.75, 3.05) is 52.7 Å². The largest absolute Gasteiger partial charge is 0.379 e. The minimum atomic E-state index is 0.669. The van der Waals surface area contributed by atoms with Crippen LogP contribution in [-0.4, -0.2) is 52.7 Å². The maximum absolute atomic E-state index is 5.62. The molecule has 1 atom stereocenters. The van der Waals surface area contributed by atoms with Gasteiger partial charge in [0.1, 0.15) is 0 Å². The fourth-order valence-electron chi connectivity index (χ4n) is 1.97. The van der Waals surface area contributed by atoms with Crippen molar-refractivity contribution in [3.8, 4) is 0 Å². The second-order valence-corrected chi connectivity index (χ2v) is 5.46. The zero-order chi connectivity index (χ0) is 15.6. The molecule has 1 N–H and O–H groups in total. The first kappa shape index (κ1) is 20.8. The average Bonchev–Trinajstić information content (AvgIpc) is 2.51. The molecule has 0 saturated heterocycles. The number of hydrogen-bond donors (Lipinski definition) is 1. The standard InChI is InChI=1S/C17H37NO3/c1-4-7-10-19-12-14-21-15-13-20-11-8-17(6-3)16-18-9-5-2/h17-18H,4-16H2,1-3H3. The van der Waals surface area contributed by atoms with Crippen LogP contribution in [0.5, 0.6) is 0 Å². The third-order valence-electron chi connectivity index (χ3n) is 3.49. The lowest BCUT2D eigenvalue weighted by Gasteiger charge is -2.15. The van der Waals surface area contributed by atoms with Gasteiger partial charge in [0.15, 0.2) is 0 Å². The quantitative estimate of drug-likeness (QED) is 0.419. The highest BCUT2D eigenvalue weighted by Crippen LogP contribution is 2.06. The average molecular weight is 303 g/mol. The smallest absolute Gasteiger partial charge is 0.0701 e. The minimum Gasteiger partial charge on any atom is -0.379 e. The Labute approximate surface area is 131 Å². The molecule has 0 aromatic heterocycles. The molecule has 0 saturated carbocycles. The van der Waals surface area contributed by atoms with Gasteiger partial charge in [0.2, 0.25) is 0 Å². The van der Waals surface area contributed by atoms with Gasteiger partial charge in [0.05, 0.1) is 26.4 Å². The molecule has 21 heavy (non-hydrogen) atoms. The van der Waals surface area contributed by atoms with E-state index in [-0.39, 0.29) is 0 Å². The van der Waals surface area contributed by atoms with Gasteiger partial charge in [0.25, 0.3) is 0 Å². The van der Waals surface area contributed by atoms with Crippen molar-refractivity contribution < 1.29 is 14.2 Å². The molecule has 0 fully saturated rings. The molecular weight excluding hydrogens is 266 g/mol. The Kier molecular flexibility index (Phi) is 17.8. The van der Waals surface area contributed by atoms with E-state index in [2.05, 4.69) is 26.1 Å². The molecule has 0 heterocycles. The monoisotopic (exact) mass is 303 g/mol. The molecule has 0 spiro atoms. The Morgan fingerprint density at radius 3 is 1.95 bits per heavy atom. The molecule has 0 amide bonds. The van der Waals surface area contributed by atoms with Crippen molar-refractivity contribution in [3.05, 3.63) is 0 Å². The molecular formula is C17H37NO3. The summed E-state index contributed by atoms with van der Waals surface area (Å²) in [5.41, 5.74) is 0. The van der Waals surface area contributed by atoms with Crippen molar-refractivity contribution >= 4 is 0 Å². The Morgan fingerprint density at radius 1 is 0.762 bits per heavy atom. The summed E-state index contributed by atoms with van der Waals surface area (Å²) in [4.78, 5) is 0. The van der Waals surface area contributed by atoms with Gasteiger partial charge in [-0.3, -0.25) is 0 Å². The summed E-state index contributed by atoms with van der Waals surface area (Å²) < 4.78 is 16.5. The summed E-state index contributed by atoms with van der Waals surface area (Å²) in [6.45, 7) is 13.3. The van der Waals surface area contributed by atoms with E-state index < -0.39 is 0 Å². The topological polar surface area (TPSA) is 39.7 Å². The molecule has 0 aliphatic carbocycles. The lowest BCUT2D eigenvalue weighted by molar-refractivity contribution is 0.0118. The third kappa shape index (κ3) is 16.0. The van der Waals surface area contributed by atoms with Gasteiger partial charge >= 0.3 is 0 Å². The SMILES string of the molecule is CCCCOCCOCCOCCC(CC)CNCCC. The third-order valence-corrected chi connectivity index (χ3v) is 3.49. The molecule has 128 valence electrons. The highest BCUT2D eigenvalue weighted by molar-refractivity contribution is 4.60. The Hall–Kier alpha value is -0.160. The maximum Gasteiger partial charge on any atom is 0.0701 e. The van der Waals surface area contributed by atoms with Crippen LogP contribution in [0.15, 0.2) is 0 Å². The van der Waals surface area contributed by atoms with Gasteiger partial charge in [-0.05, 0) is 38.3 Å². The number of ether oxygens (including phenoxy) is 3. The summed E-state index contributed by atoms with van der Waals surface area (Å²) in [7, 11) is 0. The van der Waals surface area contributed by atoms with Crippen molar-refractivity contribution in [1.82, 2.24) is 5.32 Å². The van der Waals surface area contributed by atoms with Gasteiger partial charge in [-0.2, -0.15) is 0 Å². The zero-order valence-corrected chi connectivity index (χ0v) is 14.5. The molecule has 0 aromatic carbocycles. The lowest BCUT2D eigenvalue weighted by Crippen LogP contribution is -2.24. The first-order valence-corrected chi connectivity index (χ1v) is 8.79. The van der Waals surface area contributed by atoms with Crippen LogP contribution in [-0.2, 0) is 14.2 Å². The normalized spacial score (nSPS) is 12.7. The van der Waals surface area contributed by atoms with E-state index in [9.17, 15) is 0 Å². The first-order valence-electron chi connectivity index (χ1n) is 8.79. The van der Waals surface area contributed by atoms with Crippen LogP contribution in [0, 0.1) is 5.92 Å². The molecule has 0 rings (SSSR count). The van der Waals surface area contributed by atoms with Gasteiger partial charge in [-0.1, -0.05) is 33.6 Å². The predicted octanol–water partition coefficient (Wildman–Crippen LogP) is 3.25. The van der Waals surface area contributed by atoms with E-state index in [1.165, 1.54) is 19.3 Å². The molecule has 4 nitrogen and oxygen atoms in total. The number of unbranched alkanes of at least 4 members (excludes halogenated alkanes) is 1. The summed E-state index contributed by atoms with van der Waals surface area (Å²) >= 11 is 0. The first-order chi connectivity index (χ1) is 10.3.